The number of nitrogens with one attached hydrogen (secondary N) is 2. The molecule has 0 radical (unpaired) electrons. The van der Waals surface area contributed by atoms with Crippen molar-refractivity contribution in [3.8, 4) is 5.75 Å². The van der Waals surface area contributed by atoms with Crippen LogP contribution in [0.2, 0.25) is 0 Å². The first-order valence-electron chi connectivity index (χ1n) is 16.2. The number of phenols is 1. The third-order valence-electron chi connectivity index (χ3n) is 10.7. The zero-order valence-electron chi connectivity index (χ0n) is 27.5. The Morgan fingerprint density at radius 3 is 2.28 bits per heavy atom. The van der Waals surface area contributed by atoms with Crippen molar-refractivity contribution in [2.24, 2.45) is 22.7 Å². The highest BCUT2D eigenvalue weighted by Crippen LogP contribution is 2.62. The Labute approximate surface area is 258 Å². The fraction of sp³-hybridized carbons (Fsp3) is 0.611. The summed E-state index contributed by atoms with van der Waals surface area (Å²) >= 11 is 0. The maximum Gasteiger partial charge on any atom is 0.323 e. The third-order valence-corrected chi connectivity index (χ3v) is 10.7. The highest BCUT2D eigenvalue weighted by atomic mass is 16.6. The molecular formula is C36H53N3O4. The van der Waals surface area contributed by atoms with Crippen LogP contribution in [0.5, 0.6) is 5.75 Å². The van der Waals surface area contributed by atoms with E-state index in [0.29, 0.717) is 29.8 Å². The first kappa shape index (κ1) is 32.8. The van der Waals surface area contributed by atoms with Gasteiger partial charge in [0.05, 0.1) is 5.69 Å². The quantitative estimate of drug-likeness (QED) is 0.180. The molecule has 43 heavy (non-hydrogen) atoms. The lowest BCUT2D eigenvalue weighted by Crippen LogP contribution is -2.48. The highest BCUT2D eigenvalue weighted by Gasteiger charge is 2.69. The van der Waals surface area contributed by atoms with Crippen LogP contribution in [0.15, 0.2) is 42.5 Å². The molecule has 4 rings (SSSR count). The van der Waals surface area contributed by atoms with Crippen LogP contribution in [0.4, 0.5) is 21.9 Å². The van der Waals surface area contributed by atoms with Gasteiger partial charge in [-0.1, -0.05) is 85.4 Å². The van der Waals surface area contributed by atoms with Gasteiger partial charge in [0, 0.05) is 24.0 Å². The molecule has 1 saturated carbocycles. The Balaban J connectivity index is 1.53. The fourth-order valence-corrected chi connectivity index (χ4v) is 6.84. The number of hydrogen-bond acceptors (Lipinski definition) is 4. The molecule has 3 amide bonds. The van der Waals surface area contributed by atoms with E-state index in [1.54, 1.807) is 23.1 Å². The van der Waals surface area contributed by atoms with Gasteiger partial charge in [-0.15, -0.1) is 0 Å². The van der Waals surface area contributed by atoms with Gasteiger partial charge in [0.1, 0.15) is 11.4 Å². The normalized spacial score (nSPS) is 23.6. The Hall–Kier alpha value is -3.06. The highest BCUT2D eigenvalue weighted by molar-refractivity contribution is 6.02. The Kier molecular flexibility index (Phi) is 9.85. The SMILES string of the molecule is CCCCN(C(=O)C1OC12CCC(C(C)(C)CC)CC2C(C)(C)CC)c1ccc(NC(=O)Nc2ccc(C)cc2)c(O)c1. The van der Waals surface area contributed by atoms with Gasteiger partial charge in [0.2, 0.25) is 0 Å². The van der Waals surface area contributed by atoms with Crippen LogP contribution < -0.4 is 15.5 Å². The lowest BCUT2D eigenvalue weighted by Gasteiger charge is -2.48. The summed E-state index contributed by atoms with van der Waals surface area (Å²) in [4.78, 5) is 28.6. The van der Waals surface area contributed by atoms with Crippen LogP contribution >= 0.6 is 0 Å². The fourth-order valence-electron chi connectivity index (χ4n) is 6.84. The number of hydrogen-bond donors (Lipinski definition) is 3. The molecule has 2 fully saturated rings. The minimum absolute atomic E-state index is 0.0317. The Bertz CT molecular complexity index is 1290. The second-order valence-electron chi connectivity index (χ2n) is 14.2. The van der Waals surface area contributed by atoms with Crippen LogP contribution in [0, 0.1) is 29.6 Å². The smallest absolute Gasteiger partial charge is 0.323 e. The van der Waals surface area contributed by atoms with Crippen molar-refractivity contribution < 1.29 is 19.4 Å². The lowest BCUT2D eigenvalue weighted by molar-refractivity contribution is -0.119. The summed E-state index contributed by atoms with van der Waals surface area (Å²) in [5, 5.41) is 16.4. The Morgan fingerprint density at radius 1 is 1.00 bits per heavy atom. The second-order valence-corrected chi connectivity index (χ2v) is 14.2. The number of amides is 3. The average molecular weight is 592 g/mol. The minimum Gasteiger partial charge on any atom is -0.506 e. The topological polar surface area (TPSA) is 94.2 Å². The van der Waals surface area contributed by atoms with Crippen LogP contribution in [-0.2, 0) is 9.53 Å². The molecule has 236 valence electrons. The van der Waals surface area contributed by atoms with Crippen LogP contribution in [0.25, 0.3) is 0 Å². The third kappa shape index (κ3) is 7.03. The molecule has 1 aliphatic heterocycles. The van der Waals surface area contributed by atoms with E-state index in [0.717, 1.165) is 50.5 Å². The molecule has 0 bridgehead atoms. The first-order valence-corrected chi connectivity index (χ1v) is 16.2. The molecule has 1 aliphatic carbocycles. The van der Waals surface area contributed by atoms with Crippen LogP contribution in [0.3, 0.4) is 0 Å². The zero-order chi connectivity index (χ0) is 31.6. The maximum absolute atomic E-state index is 14.2. The Morgan fingerprint density at radius 2 is 1.67 bits per heavy atom. The molecular weight excluding hydrogens is 538 g/mol. The number of carbonyl (C=O) groups is 2. The molecule has 0 aromatic heterocycles. The van der Waals surface area contributed by atoms with Crippen LogP contribution in [0.1, 0.15) is 99.0 Å². The number of ether oxygens (including phenoxy) is 1. The van der Waals surface area contributed by atoms with E-state index in [2.05, 4.69) is 59.1 Å². The minimum atomic E-state index is -0.480. The van der Waals surface area contributed by atoms with Crippen molar-refractivity contribution >= 4 is 29.0 Å². The van der Waals surface area contributed by atoms with Crippen molar-refractivity contribution in [2.45, 2.75) is 112 Å². The predicted octanol–water partition coefficient (Wildman–Crippen LogP) is 8.90. The number of benzene rings is 2. The number of phenolic OH excluding ortho intramolecular Hbond substituents is 1. The molecule has 4 atom stereocenters. The van der Waals surface area contributed by atoms with E-state index < -0.39 is 17.7 Å². The number of epoxide rings is 1. The number of carbonyl (C=O) groups excluding carboxylic acids is 2. The van der Waals surface area contributed by atoms with Gasteiger partial charge in [-0.05, 0) is 79.5 Å². The van der Waals surface area contributed by atoms with Crippen molar-refractivity contribution in [1.82, 2.24) is 0 Å². The number of aryl methyl sites for hydroxylation is 1. The molecule has 7 nitrogen and oxygen atoms in total. The van der Waals surface area contributed by atoms with Gasteiger partial charge >= 0.3 is 6.03 Å². The average Bonchev–Trinajstić information content (AvgIpc) is 3.69. The lowest BCUT2D eigenvalue weighted by atomic mass is 9.56. The molecule has 2 aliphatic rings. The van der Waals surface area contributed by atoms with Gasteiger partial charge < -0.3 is 25.4 Å². The number of aromatic hydroxyl groups is 1. The summed E-state index contributed by atoms with van der Waals surface area (Å²) in [5.74, 6) is 0.777. The zero-order valence-corrected chi connectivity index (χ0v) is 27.5. The van der Waals surface area contributed by atoms with E-state index in [1.165, 1.54) is 0 Å². The predicted molar refractivity (Wildman–Crippen MR) is 176 cm³/mol. The molecule has 1 spiro atoms. The number of rotatable bonds is 11. The summed E-state index contributed by atoms with van der Waals surface area (Å²) < 4.78 is 6.54. The van der Waals surface area contributed by atoms with Gasteiger partial charge in [0.15, 0.2) is 6.10 Å². The number of urea groups is 1. The van der Waals surface area contributed by atoms with Gasteiger partial charge in [-0.2, -0.15) is 0 Å². The largest absolute Gasteiger partial charge is 0.506 e. The van der Waals surface area contributed by atoms with Crippen molar-refractivity contribution in [2.75, 3.05) is 22.1 Å². The molecule has 2 aromatic rings. The van der Waals surface area contributed by atoms with E-state index in [1.807, 2.05) is 31.2 Å². The van der Waals surface area contributed by atoms with Crippen molar-refractivity contribution in [3.05, 3.63) is 48.0 Å². The van der Waals surface area contributed by atoms with Crippen LogP contribution in [-0.4, -0.2) is 35.3 Å². The van der Waals surface area contributed by atoms with Crippen molar-refractivity contribution in [1.29, 1.82) is 0 Å². The monoisotopic (exact) mass is 591 g/mol. The van der Waals surface area contributed by atoms with E-state index in [9.17, 15) is 14.7 Å². The molecule has 4 unspecified atom stereocenters. The number of anilines is 3. The summed E-state index contributed by atoms with van der Waals surface area (Å²) in [7, 11) is 0. The summed E-state index contributed by atoms with van der Waals surface area (Å²) in [5.41, 5.74) is 2.52. The molecule has 7 heteroatoms. The molecule has 1 heterocycles. The van der Waals surface area contributed by atoms with E-state index >= 15 is 0 Å². The van der Waals surface area contributed by atoms with Gasteiger partial charge in [-0.25, -0.2) is 4.79 Å². The number of nitrogens with zero attached hydrogens (tertiary/aromatic N) is 1. The summed E-state index contributed by atoms with van der Waals surface area (Å²) in [6.45, 7) is 18.6. The van der Waals surface area contributed by atoms with Crippen molar-refractivity contribution in [3.63, 3.8) is 0 Å². The van der Waals surface area contributed by atoms with E-state index in [4.69, 9.17) is 4.74 Å². The van der Waals surface area contributed by atoms with Gasteiger partial charge in [-0.3, -0.25) is 4.79 Å². The maximum atomic E-state index is 14.2. The molecule has 2 aromatic carbocycles. The number of unbranched alkanes of at least 4 members (excludes halogenated alkanes) is 1. The first-order chi connectivity index (χ1) is 20.3. The standard InChI is InChI=1S/C36H53N3O4/c1-9-12-21-39(27-17-18-28(29(40)23-27)38-33(42)37-26-15-13-24(4)14-16-26)32(41)31-36(43-31)20-19-25(34(5,6)10-2)22-30(36)35(7,8)11-3/h13-18,23,25,30-31,40H,9-12,19-22H2,1-8H3,(H2,37,38,42). The summed E-state index contributed by atoms with van der Waals surface area (Å²) in [6.07, 6.45) is 6.51. The molecule has 3 N–H and O–H groups in total. The van der Waals surface area contributed by atoms with Gasteiger partial charge in [0.25, 0.3) is 5.91 Å². The van der Waals surface area contributed by atoms with E-state index in [-0.39, 0.29) is 28.2 Å². The second kappa shape index (κ2) is 12.9. The molecule has 1 saturated heterocycles. The summed E-state index contributed by atoms with van der Waals surface area (Å²) in [6, 6.07) is 12.0.